The maximum Gasteiger partial charge on any atom is 0.307 e. The molecule has 0 unspecified atom stereocenters. The second-order valence-electron chi connectivity index (χ2n) is 3.61. The molecule has 0 spiro atoms. The zero-order valence-electron chi connectivity index (χ0n) is 8.35. The Labute approximate surface area is 91.9 Å². The zero-order chi connectivity index (χ0) is 12.3. The fraction of sp³-hybridized carbons (Fsp3) is 0.750. The van der Waals surface area contributed by atoms with E-state index in [0.29, 0.717) is 0 Å². The van der Waals surface area contributed by atoms with Crippen LogP contribution in [0.15, 0.2) is 0 Å². The van der Waals surface area contributed by atoms with E-state index in [0.717, 1.165) is 0 Å². The Balaban J connectivity index is 2.44. The van der Waals surface area contributed by atoms with E-state index < -0.39 is 46.2 Å². The summed E-state index contributed by atoms with van der Waals surface area (Å²) in [5.74, 6) is -3.97. The van der Waals surface area contributed by atoms with Gasteiger partial charge in [0.25, 0.3) is 0 Å². The van der Waals surface area contributed by atoms with E-state index in [-0.39, 0.29) is 12.8 Å². The predicted octanol–water partition coefficient (Wildman–Crippen LogP) is -0.487. The summed E-state index contributed by atoms with van der Waals surface area (Å²) in [5.41, 5.74) is 0. The Kier molecular flexibility index (Phi) is 3.84. The molecule has 0 aromatic carbocycles. The number of amides is 1. The number of halogens is 1. The molecule has 0 radical (unpaired) electrons. The van der Waals surface area contributed by atoms with E-state index in [1.54, 1.807) is 4.72 Å². The number of nitrogens with one attached hydrogen (secondary N) is 1. The SMILES string of the molecule is O=C(O)[C@@H]1C[C@H]1C(=O)NS(=O)(=O)CCCF. The van der Waals surface area contributed by atoms with Crippen LogP contribution in [0.1, 0.15) is 12.8 Å². The fourth-order valence-electron chi connectivity index (χ4n) is 1.28. The molecule has 1 saturated carbocycles. The molecule has 1 rings (SSSR count). The fourth-order valence-corrected chi connectivity index (χ4v) is 2.33. The van der Waals surface area contributed by atoms with E-state index in [4.69, 9.17) is 5.11 Å². The van der Waals surface area contributed by atoms with Gasteiger partial charge < -0.3 is 5.11 Å². The van der Waals surface area contributed by atoms with Crippen molar-refractivity contribution < 1.29 is 27.5 Å². The van der Waals surface area contributed by atoms with Gasteiger partial charge in [-0.15, -0.1) is 0 Å². The number of carbonyl (C=O) groups excluding carboxylic acids is 1. The lowest BCUT2D eigenvalue weighted by atomic mass is 10.3. The van der Waals surface area contributed by atoms with Crippen LogP contribution in [0.2, 0.25) is 0 Å². The van der Waals surface area contributed by atoms with Gasteiger partial charge in [0.2, 0.25) is 15.9 Å². The molecule has 6 nitrogen and oxygen atoms in total. The number of carboxylic acids is 1. The second-order valence-corrected chi connectivity index (χ2v) is 5.46. The Morgan fingerprint density at radius 1 is 1.38 bits per heavy atom. The first kappa shape index (κ1) is 12.9. The highest BCUT2D eigenvalue weighted by Crippen LogP contribution is 2.38. The van der Waals surface area contributed by atoms with Crippen LogP contribution < -0.4 is 4.72 Å². The summed E-state index contributed by atoms with van der Waals surface area (Å²) in [6.45, 7) is -0.781. The molecule has 16 heavy (non-hydrogen) atoms. The molecule has 0 aromatic heterocycles. The van der Waals surface area contributed by atoms with Crippen molar-refractivity contribution in [2.24, 2.45) is 11.8 Å². The minimum atomic E-state index is -3.83. The molecular formula is C8H12FNO5S. The molecule has 8 heteroatoms. The minimum absolute atomic E-state index is 0.153. The van der Waals surface area contributed by atoms with Crippen LogP contribution in [0, 0.1) is 11.8 Å². The average molecular weight is 253 g/mol. The summed E-state index contributed by atoms with van der Waals surface area (Å²) in [6, 6.07) is 0. The van der Waals surface area contributed by atoms with Crippen LogP contribution in [-0.4, -0.2) is 37.8 Å². The summed E-state index contributed by atoms with van der Waals surface area (Å²) in [4.78, 5) is 21.7. The monoisotopic (exact) mass is 253 g/mol. The summed E-state index contributed by atoms with van der Waals surface area (Å²) in [6.07, 6.45) is -0.0323. The summed E-state index contributed by atoms with van der Waals surface area (Å²) >= 11 is 0. The quantitative estimate of drug-likeness (QED) is 0.665. The van der Waals surface area contributed by atoms with E-state index >= 15 is 0 Å². The Morgan fingerprint density at radius 3 is 2.44 bits per heavy atom. The largest absolute Gasteiger partial charge is 0.481 e. The molecule has 0 heterocycles. The van der Waals surface area contributed by atoms with Gasteiger partial charge in [0.05, 0.1) is 24.3 Å². The lowest BCUT2D eigenvalue weighted by Gasteiger charge is -2.04. The van der Waals surface area contributed by atoms with Gasteiger partial charge in [-0.3, -0.25) is 18.7 Å². The van der Waals surface area contributed by atoms with Crippen LogP contribution in [0.3, 0.4) is 0 Å². The smallest absolute Gasteiger partial charge is 0.307 e. The second kappa shape index (κ2) is 4.77. The summed E-state index contributed by atoms with van der Waals surface area (Å²) in [5, 5.41) is 8.53. The van der Waals surface area contributed by atoms with Gasteiger partial charge in [0.1, 0.15) is 0 Å². The first-order valence-electron chi connectivity index (χ1n) is 4.70. The van der Waals surface area contributed by atoms with Crippen molar-refractivity contribution >= 4 is 21.9 Å². The number of hydrogen-bond donors (Lipinski definition) is 2. The topological polar surface area (TPSA) is 101 Å². The maximum absolute atomic E-state index is 11.7. The Hall–Kier alpha value is -1.18. The highest BCUT2D eigenvalue weighted by Gasteiger charge is 2.49. The van der Waals surface area contributed by atoms with Gasteiger partial charge >= 0.3 is 5.97 Å². The van der Waals surface area contributed by atoms with Crippen molar-refractivity contribution in [1.29, 1.82) is 0 Å². The van der Waals surface area contributed by atoms with E-state index in [1.807, 2.05) is 0 Å². The summed E-state index contributed by atoms with van der Waals surface area (Å²) in [7, 11) is -3.83. The molecule has 0 aliphatic heterocycles. The van der Waals surface area contributed by atoms with Crippen molar-refractivity contribution in [2.75, 3.05) is 12.4 Å². The van der Waals surface area contributed by atoms with E-state index in [9.17, 15) is 22.4 Å². The third kappa shape index (κ3) is 3.44. The molecule has 1 amide bonds. The lowest BCUT2D eigenvalue weighted by Crippen LogP contribution is -2.34. The van der Waals surface area contributed by atoms with E-state index in [2.05, 4.69) is 0 Å². The van der Waals surface area contributed by atoms with Gasteiger partial charge in [-0.05, 0) is 12.8 Å². The molecule has 0 bridgehead atoms. The number of sulfonamides is 1. The van der Waals surface area contributed by atoms with Crippen LogP contribution >= 0.6 is 0 Å². The molecule has 1 aliphatic rings. The Bertz CT molecular complexity index is 393. The standard InChI is InChI=1S/C8H12FNO5S/c9-2-1-3-16(14,15)10-7(11)5-4-6(5)8(12)13/h5-6H,1-4H2,(H,10,11)(H,12,13)/t5-,6-/m1/s1. The van der Waals surface area contributed by atoms with Gasteiger partial charge in [-0.2, -0.15) is 0 Å². The number of alkyl halides is 1. The highest BCUT2D eigenvalue weighted by atomic mass is 32.2. The normalized spacial score (nSPS) is 23.8. The van der Waals surface area contributed by atoms with Crippen molar-refractivity contribution in [1.82, 2.24) is 4.72 Å². The molecule has 92 valence electrons. The number of rotatable bonds is 6. The molecule has 1 aliphatic carbocycles. The third-order valence-corrected chi connectivity index (χ3v) is 3.59. The maximum atomic E-state index is 11.7. The molecule has 0 aromatic rings. The van der Waals surface area contributed by atoms with E-state index in [1.165, 1.54) is 0 Å². The van der Waals surface area contributed by atoms with Gasteiger partial charge in [0, 0.05) is 0 Å². The van der Waals surface area contributed by atoms with Crippen LogP contribution in [0.4, 0.5) is 4.39 Å². The van der Waals surface area contributed by atoms with Crippen molar-refractivity contribution in [3.8, 4) is 0 Å². The number of carbonyl (C=O) groups is 2. The van der Waals surface area contributed by atoms with Crippen molar-refractivity contribution in [3.63, 3.8) is 0 Å². The van der Waals surface area contributed by atoms with Crippen LogP contribution in [0.25, 0.3) is 0 Å². The first-order chi connectivity index (χ1) is 7.37. The van der Waals surface area contributed by atoms with Crippen molar-refractivity contribution in [2.45, 2.75) is 12.8 Å². The number of aliphatic carboxylic acids is 1. The van der Waals surface area contributed by atoms with Gasteiger partial charge in [-0.1, -0.05) is 0 Å². The number of carboxylic acid groups (broad SMARTS) is 1. The third-order valence-electron chi connectivity index (χ3n) is 2.25. The minimum Gasteiger partial charge on any atom is -0.481 e. The molecule has 1 fully saturated rings. The Morgan fingerprint density at radius 2 is 2.00 bits per heavy atom. The van der Waals surface area contributed by atoms with Crippen LogP contribution in [-0.2, 0) is 19.6 Å². The molecule has 2 N–H and O–H groups in total. The average Bonchev–Trinajstić information content (AvgIpc) is 2.93. The zero-order valence-corrected chi connectivity index (χ0v) is 9.17. The number of hydrogen-bond acceptors (Lipinski definition) is 4. The van der Waals surface area contributed by atoms with Crippen LogP contribution in [0.5, 0.6) is 0 Å². The molecular weight excluding hydrogens is 241 g/mol. The van der Waals surface area contributed by atoms with Gasteiger partial charge in [-0.25, -0.2) is 8.42 Å². The highest BCUT2D eigenvalue weighted by molar-refractivity contribution is 7.90. The predicted molar refractivity (Wildman–Crippen MR) is 51.8 cm³/mol. The molecule has 0 saturated heterocycles. The summed E-state index contributed by atoms with van der Waals surface area (Å²) < 4.78 is 35.8. The first-order valence-corrected chi connectivity index (χ1v) is 6.35. The lowest BCUT2D eigenvalue weighted by molar-refractivity contribution is -0.140. The molecule has 2 atom stereocenters. The van der Waals surface area contributed by atoms with Gasteiger partial charge in [0.15, 0.2) is 0 Å². The van der Waals surface area contributed by atoms with Crippen molar-refractivity contribution in [3.05, 3.63) is 0 Å².